The van der Waals surface area contributed by atoms with E-state index in [-0.39, 0.29) is 12.1 Å². The molecular formula is C35H44N2O4. The number of nitrogens with zero attached hydrogens (tertiary/aromatic N) is 1. The molecule has 41 heavy (non-hydrogen) atoms. The van der Waals surface area contributed by atoms with Crippen LogP contribution in [0.4, 0.5) is 9.59 Å². The first-order valence-electron chi connectivity index (χ1n) is 14.2. The number of nitrogens with one attached hydrogen (secondary N) is 1. The monoisotopic (exact) mass is 556 g/mol. The standard InChI is InChI=1S/C35H44N2O4/c1-34(2,3)40-32(38)36-30(24-27-16-10-7-11-17-27)22-23-31(25-28-18-12-8-13-19-28)37(33(39)41-35(4,5)6)26-29-20-14-9-15-21-29/h7-23,30-31H,24-26H2,1-6H3,(H,36,38)/b23-22+/t30-,31+/m0/s1. The maximum atomic E-state index is 13.6. The Morgan fingerprint density at radius 2 is 1.15 bits per heavy atom. The molecule has 0 aliphatic rings. The summed E-state index contributed by atoms with van der Waals surface area (Å²) in [6.07, 6.45) is 4.23. The average molecular weight is 557 g/mol. The van der Waals surface area contributed by atoms with Crippen LogP contribution in [0, 0.1) is 0 Å². The summed E-state index contributed by atoms with van der Waals surface area (Å²) in [4.78, 5) is 28.2. The molecule has 0 fully saturated rings. The predicted octanol–water partition coefficient (Wildman–Crippen LogP) is 7.73. The number of alkyl carbamates (subject to hydrolysis) is 1. The first kappa shape index (κ1) is 31.5. The summed E-state index contributed by atoms with van der Waals surface area (Å²) in [5.74, 6) is 0. The third-order valence-electron chi connectivity index (χ3n) is 6.08. The van der Waals surface area contributed by atoms with Crippen molar-refractivity contribution in [1.82, 2.24) is 10.2 Å². The molecule has 3 aromatic carbocycles. The summed E-state index contributed by atoms with van der Waals surface area (Å²) < 4.78 is 11.4. The minimum absolute atomic E-state index is 0.342. The van der Waals surface area contributed by atoms with E-state index in [0.29, 0.717) is 19.4 Å². The quantitative estimate of drug-likeness (QED) is 0.260. The molecule has 0 saturated heterocycles. The lowest BCUT2D eigenvalue weighted by molar-refractivity contribution is 0.0179. The SMILES string of the molecule is CC(C)(C)OC(=O)N[C@@H](/C=C/[C@H](Cc1ccccc1)N(Cc1ccccc1)C(=O)OC(C)(C)C)Cc1ccccc1. The minimum Gasteiger partial charge on any atom is -0.444 e. The van der Waals surface area contributed by atoms with E-state index in [1.54, 1.807) is 4.90 Å². The zero-order valence-corrected chi connectivity index (χ0v) is 25.2. The van der Waals surface area contributed by atoms with E-state index in [4.69, 9.17) is 9.47 Å². The van der Waals surface area contributed by atoms with E-state index in [2.05, 4.69) is 17.4 Å². The van der Waals surface area contributed by atoms with Crippen LogP contribution in [-0.2, 0) is 28.9 Å². The number of amides is 2. The number of benzene rings is 3. The van der Waals surface area contributed by atoms with Crippen LogP contribution in [0.15, 0.2) is 103 Å². The molecule has 3 aromatic rings. The maximum Gasteiger partial charge on any atom is 0.411 e. The second-order valence-corrected chi connectivity index (χ2v) is 12.2. The van der Waals surface area contributed by atoms with Gasteiger partial charge >= 0.3 is 12.2 Å². The van der Waals surface area contributed by atoms with Crippen LogP contribution in [0.5, 0.6) is 0 Å². The van der Waals surface area contributed by atoms with Gasteiger partial charge in [0.1, 0.15) is 11.2 Å². The molecule has 2 atom stereocenters. The molecular weight excluding hydrogens is 512 g/mol. The van der Waals surface area contributed by atoms with Gasteiger partial charge in [-0.1, -0.05) is 103 Å². The van der Waals surface area contributed by atoms with Crippen LogP contribution in [0.25, 0.3) is 0 Å². The van der Waals surface area contributed by atoms with Crippen molar-refractivity contribution in [3.05, 3.63) is 120 Å². The molecule has 1 N–H and O–H groups in total. The fourth-order valence-electron chi connectivity index (χ4n) is 4.31. The molecule has 0 unspecified atom stereocenters. The van der Waals surface area contributed by atoms with Crippen LogP contribution in [0.1, 0.15) is 58.2 Å². The average Bonchev–Trinajstić information content (AvgIpc) is 2.89. The molecule has 0 bridgehead atoms. The van der Waals surface area contributed by atoms with E-state index in [9.17, 15) is 9.59 Å². The van der Waals surface area contributed by atoms with Crippen LogP contribution >= 0.6 is 0 Å². The second kappa shape index (κ2) is 14.5. The van der Waals surface area contributed by atoms with E-state index in [0.717, 1.165) is 16.7 Å². The van der Waals surface area contributed by atoms with Gasteiger partial charge in [0.25, 0.3) is 0 Å². The van der Waals surface area contributed by atoms with Gasteiger partial charge in [-0.25, -0.2) is 9.59 Å². The first-order chi connectivity index (χ1) is 19.4. The smallest absolute Gasteiger partial charge is 0.411 e. The lowest BCUT2D eigenvalue weighted by Gasteiger charge is -2.33. The van der Waals surface area contributed by atoms with E-state index in [1.165, 1.54) is 0 Å². The predicted molar refractivity (Wildman–Crippen MR) is 165 cm³/mol. The zero-order chi connectivity index (χ0) is 29.9. The van der Waals surface area contributed by atoms with Gasteiger partial charge in [0.2, 0.25) is 0 Å². The highest BCUT2D eigenvalue weighted by Crippen LogP contribution is 2.20. The van der Waals surface area contributed by atoms with Gasteiger partial charge in [0, 0.05) is 6.54 Å². The van der Waals surface area contributed by atoms with E-state index in [1.807, 2.05) is 133 Å². The number of hydrogen-bond acceptors (Lipinski definition) is 4. The third-order valence-corrected chi connectivity index (χ3v) is 6.08. The van der Waals surface area contributed by atoms with Crippen LogP contribution < -0.4 is 5.32 Å². The van der Waals surface area contributed by atoms with Crippen molar-refractivity contribution in [1.29, 1.82) is 0 Å². The summed E-state index contributed by atoms with van der Waals surface area (Å²) >= 11 is 0. The van der Waals surface area contributed by atoms with Crippen molar-refractivity contribution in [2.45, 2.75) is 84.2 Å². The van der Waals surface area contributed by atoms with E-state index < -0.39 is 23.4 Å². The number of ether oxygens (including phenoxy) is 2. The molecule has 0 spiro atoms. The summed E-state index contributed by atoms with van der Waals surface area (Å²) in [6, 6.07) is 29.2. The lowest BCUT2D eigenvalue weighted by Crippen LogP contribution is -2.44. The number of carbonyl (C=O) groups is 2. The van der Waals surface area contributed by atoms with Crippen molar-refractivity contribution in [3.63, 3.8) is 0 Å². The van der Waals surface area contributed by atoms with Crippen molar-refractivity contribution in [2.24, 2.45) is 0 Å². The molecule has 6 heteroatoms. The Morgan fingerprint density at radius 3 is 1.63 bits per heavy atom. The second-order valence-electron chi connectivity index (χ2n) is 12.2. The lowest BCUT2D eigenvalue weighted by atomic mass is 10.0. The molecule has 0 heterocycles. The molecule has 6 nitrogen and oxygen atoms in total. The van der Waals surface area contributed by atoms with Crippen molar-refractivity contribution >= 4 is 12.2 Å². The number of carbonyl (C=O) groups excluding carboxylic acids is 2. The summed E-state index contributed by atoms with van der Waals surface area (Å²) in [7, 11) is 0. The Hall–Kier alpha value is -4.06. The molecule has 3 rings (SSSR count). The van der Waals surface area contributed by atoms with Crippen molar-refractivity contribution in [2.75, 3.05) is 0 Å². The summed E-state index contributed by atoms with van der Waals surface area (Å²) in [5.41, 5.74) is 1.89. The van der Waals surface area contributed by atoms with Crippen LogP contribution in [0.3, 0.4) is 0 Å². The van der Waals surface area contributed by atoms with E-state index >= 15 is 0 Å². The fraction of sp³-hybridized carbons (Fsp3) is 0.371. The highest BCUT2D eigenvalue weighted by molar-refractivity contribution is 5.69. The Kier molecular flexibility index (Phi) is 11.2. The maximum absolute atomic E-state index is 13.6. The largest absolute Gasteiger partial charge is 0.444 e. The normalized spacial score (nSPS) is 13.3. The van der Waals surface area contributed by atoms with Gasteiger partial charge in [0.15, 0.2) is 0 Å². The Labute approximate surface area is 245 Å². The van der Waals surface area contributed by atoms with Gasteiger partial charge in [0.05, 0.1) is 12.1 Å². The molecule has 2 amide bonds. The Bertz CT molecular complexity index is 1250. The Morgan fingerprint density at radius 1 is 0.683 bits per heavy atom. The summed E-state index contributed by atoms with van der Waals surface area (Å²) in [5, 5.41) is 3.01. The van der Waals surface area contributed by atoms with Crippen LogP contribution in [0.2, 0.25) is 0 Å². The topological polar surface area (TPSA) is 67.9 Å². The van der Waals surface area contributed by atoms with Crippen molar-refractivity contribution in [3.8, 4) is 0 Å². The van der Waals surface area contributed by atoms with Gasteiger partial charge in [-0.15, -0.1) is 0 Å². The molecule has 0 aliphatic heterocycles. The highest BCUT2D eigenvalue weighted by Gasteiger charge is 2.28. The highest BCUT2D eigenvalue weighted by atomic mass is 16.6. The third kappa shape index (κ3) is 11.9. The van der Waals surface area contributed by atoms with Gasteiger partial charge in [-0.2, -0.15) is 0 Å². The molecule has 0 radical (unpaired) electrons. The van der Waals surface area contributed by atoms with Gasteiger partial charge < -0.3 is 14.8 Å². The van der Waals surface area contributed by atoms with Crippen molar-refractivity contribution < 1.29 is 19.1 Å². The zero-order valence-electron chi connectivity index (χ0n) is 25.2. The van der Waals surface area contributed by atoms with Gasteiger partial charge in [-0.05, 0) is 71.1 Å². The first-order valence-corrected chi connectivity index (χ1v) is 14.2. The van der Waals surface area contributed by atoms with Gasteiger partial charge in [-0.3, -0.25) is 4.90 Å². The molecule has 0 aromatic heterocycles. The summed E-state index contributed by atoms with van der Waals surface area (Å²) in [6.45, 7) is 11.5. The van der Waals surface area contributed by atoms with Crippen LogP contribution in [-0.4, -0.2) is 40.4 Å². The molecule has 0 saturated carbocycles. The number of hydrogen-bond donors (Lipinski definition) is 1. The molecule has 218 valence electrons. The Balaban J connectivity index is 1.98. The minimum atomic E-state index is -0.652. The fourth-order valence-corrected chi connectivity index (χ4v) is 4.31. The molecule has 0 aliphatic carbocycles. The number of rotatable bonds is 10.